The Bertz CT molecular complexity index is 770. The number of morpholine rings is 1. The number of aliphatic imine (C=N–C) groups is 1. The van der Waals surface area contributed by atoms with Crippen molar-refractivity contribution in [1.82, 2.24) is 20.1 Å². The van der Waals surface area contributed by atoms with Crippen LogP contribution in [0.5, 0.6) is 0 Å². The van der Waals surface area contributed by atoms with Gasteiger partial charge in [-0.2, -0.15) is 5.26 Å². The van der Waals surface area contributed by atoms with Crippen LogP contribution >= 0.6 is 0 Å². The Morgan fingerprint density at radius 3 is 2.64 bits per heavy atom. The highest BCUT2D eigenvalue weighted by atomic mass is 16.5. The molecule has 1 saturated carbocycles. The van der Waals surface area contributed by atoms with Gasteiger partial charge in [0.25, 0.3) is 0 Å². The monoisotopic (exact) mass is 497 g/mol. The van der Waals surface area contributed by atoms with Crippen LogP contribution in [-0.4, -0.2) is 78.8 Å². The van der Waals surface area contributed by atoms with Crippen LogP contribution in [0.2, 0.25) is 0 Å². The molecule has 0 radical (unpaired) electrons. The number of pyridine rings is 1. The highest BCUT2D eigenvalue weighted by Crippen LogP contribution is 2.26. The van der Waals surface area contributed by atoms with Gasteiger partial charge in [-0.1, -0.05) is 38.5 Å². The van der Waals surface area contributed by atoms with E-state index in [0.717, 1.165) is 44.5 Å². The molecule has 1 saturated heterocycles. The third-order valence-electron chi connectivity index (χ3n) is 7.52. The fraction of sp³-hybridized carbons (Fsp3) is 0.750. The maximum Gasteiger partial charge on any atom is 0.209 e. The first-order valence-corrected chi connectivity index (χ1v) is 14.2. The first-order valence-electron chi connectivity index (χ1n) is 14.2. The van der Waals surface area contributed by atoms with Crippen LogP contribution in [0.3, 0.4) is 0 Å². The fourth-order valence-electron chi connectivity index (χ4n) is 5.47. The van der Waals surface area contributed by atoms with E-state index in [1.54, 1.807) is 12.4 Å². The third-order valence-corrected chi connectivity index (χ3v) is 7.52. The molecule has 200 valence electrons. The highest BCUT2D eigenvalue weighted by Gasteiger charge is 2.25. The molecule has 2 N–H and O–H groups in total. The van der Waals surface area contributed by atoms with E-state index in [2.05, 4.69) is 37.3 Å². The average Bonchev–Trinajstić information content (AvgIpc) is 2.92. The summed E-state index contributed by atoms with van der Waals surface area (Å²) >= 11 is 0. The van der Waals surface area contributed by atoms with Crippen molar-refractivity contribution in [2.24, 2.45) is 4.99 Å². The number of anilines is 1. The number of unbranched alkanes of at least 4 members (excludes halogenated alkanes) is 3. The molecule has 1 unspecified atom stereocenters. The summed E-state index contributed by atoms with van der Waals surface area (Å²) in [4.78, 5) is 14.0. The minimum Gasteiger partial charge on any atom is -0.379 e. The molecular formula is C28H47N7O. The van der Waals surface area contributed by atoms with Crippen molar-refractivity contribution < 1.29 is 4.74 Å². The SMILES string of the molecule is CC(CCCCCCN=C(NC#N)Nc1ccncc1)N(CCCN1CCOCC1)C1CCCCC1. The van der Waals surface area contributed by atoms with Crippen LogP contribution in [0, 0.1) is 11.5 Å². The van der Waals surface area contributed by atoms with Crippen molar-refractivity contribution in [2.45, 2.75) is 89.6 Å². The lowest BCUT2D eigenvalue weighted by Gasteiger charge is -2.39. The summed E-state index contributed by atoms with van der Waals surface area (Å²) in [5.74, 6) is 0.498. The number of guanidine groups is 1. The van der Waals surface area contributed by atoms with E-state index in [9.17, 15) is 0 Å². The standard InChI is InChI=1S/C28H47N7O/c1-25(35(27-11-6-4-7-12-27)19-9-18-34-20-22-36-23-21-34)10-5-2-3-8-15-31-28(32-24-29)33-26-13-16-30-17-14-26/h13-14,16-17,25,27H,2-12,15,18-23H2,1H3,(H2,30,31,32,33). The van der Waals surface area contributed by atoms with Crippen molar-refractivity contribution in [3.63, 3.8) is 0 Å². The van der Waals surface area contributed by atoms with Gasteiger partial charge in [-0.15, -0.1) is 0 Å². The maximum absolute atomic E-state index is 8.99. The van der Waals surface area contributed by atoms with E-state index < -0.39 is 0 Å². The molecule has 0 aromatic carbocycles. The van der Waals surface area contributed by atoms with Gasteiger partial charge >= 0.3 is 0 Å². The molecule has 1 aliphatic carbocycles. The van der Waals surface area contributed by atoms with Crippen LogP contribution in [0.1, 0.15) is 77.6 Å². The molecule has 1 aromatic rings. The lowest BCUT2D eigenvalue weighted by molar-refractivity contribution is 0.0329. The first kappa shape index (κ1) is 28.4. The fourth-order valence-corrected chi connectivity index (χ4v) is 5.47. The molecule has 36 heavy (non-hydrogen) atoms. The van der Waals surface area contributed by atoms with Crippen LogP contribution in [-0.2, 0) is 4.74 Å². The Hall–Kier alpha value is -2.21. The number of aromatic nitrogens is 1. The number of nitrogens with one attached hydrogen (secondary N) is 2. The van der Waals surface area contributed by atoms with Crippen molar-refractivity contribution in [3.05, 3.63) is 24.5 Å². The van der Waals surface area contributed by atoms with Gasteiger partial charge in [-0.05, 0) is 64.3 Å². The molecule has 2 heterocycles. The molecule has 0 amide bonds. The summed E-state index contributed by atoms with van der Waals surface area (Å²) in [6.07, 6.45) is 19.6. The summed E-state index contributed by atoms with van der Waals surface area (Å²) in [6.45, 7) is 9.59. The lowest BCUT2D eigenvalue weighted by atomic mass is 9.92. The zero-order valence-corrected chi connectivity index (χ0v) is 22.3. The number of nitriles is 1. The van der Waals surface area contributed by atoms with Gasteiger partial charge in [0.2, 0.25) is 5.96 Å². The van der Waals surface area contributed by atoms with E-state index in [1.807, 2.05) is 18.3 Å². The molecule has 2 aliphatic rings. The third kappa shape index (κ3) is 10.8. The van der Waals surface area contributed by atoms with E-state index in [0.29, 0.717) is 18.5 Å². The average molecular weight is 498 g/mol. The Labute approximate surface area is 218 Å². The van der Waals surface area contributed by atoms with Crippen molar-refractivity contribution >= 4 is 11.6 Å². The molecule has 1 aliphatic heterocycles. The van der Waals surface area contributed by atoms with Crippen LogP contribution in [0.15, 0.2) is 29.5 Å². The predicted octanol–water partition coefficient (Wildman–Crippen LogP) is 4.62. The predicted molar refractivity (Wildman–Crippen MR) is 147 cm³/mol. The number of hydrogen-bond acceptors (Lipinski definition) is 6. The molecule has 1 aromatic heterocycles. The normalized spacial score (nSPS) is 18.6. The number of hydrogen-bond donors (Lipinski definition) is 2. The number of nitrogens with zero attached hydrogens (tertiary/aromatic N) is 5. The van der Waals surface area contributed by atoms with E-state index >= 15 is 0 Å². The highest BCUT2D eigenvalue weighted by molar-refractivity contribution is 5.94. The van der Waals surface area contributed by atoms with Gasteiger partial charge in [-0.3, -0.25) is 25.1 Å². The lowest BCUT2D eigenvalue weighted by Crippen LogP contribution is -2.45. The van der Waals surface area contributed by atoms with Gasteiger partial charge in [0, 0.05) is 49.8 Å². The summed E-state index contributed by atoms with van der Waals surface area (Å²) < 4.78 is 5.51. The molecule has 8 heteroatoms. The summed E-state index contributed by atoms with van der Waals surface area (Å²) in [6, 6.07) is 5.16. The van der Waals surface area contributed by atoms with Gasteiger partial charge in [0.15, 0.2) is 6.19 Å². The van der Waals surface area contributed by atoms with Crippen molar-refractivity contribution in [3.8, 4) is 6.19 Å². The second-order valence-corrected chi connectivity index (χ2v) is 10.2. The number of ether oxygens (including phenoxy) is 1. The van der Waals surface area contributed by atoms with E-state index in [1.165, 1.54) is 77.3 Å². The van der Waals surface area contributed by atoms with Gasteiger partial charge in [0.05, 0.1) is 13.2 Å². The quantitative estimate of drug-likeness (QED) is 0.127. The van der Waals surface area contributed by atoms with Gasteiger partial charge in [0.1, 0.15) is 0 Å². The largest absolute Gasteiger partial charge is 0.379 e. The van der Waals surface area contributed by atoms with Crippen molar-refractivity contribution in [2.75, 3.05) is 51.3 Å². The molecule has 1 atom stereocenters. The second-order valence-electron chi connectivity index (χ2n) is 10.2. The Kier molecular flexibility index (Phi) is 13.6. The van der Waals surface area contributed by atoms with Crippen molar-refractivity contribution in [1.29, 1.82) is 5.26 Å². The van der Waals surface area contributed by atoms with Crippen LogP contribution < -0.4 is 10.6 Å². The zero-order valence-electron chi connectivity index (χ0n) is 22.3. The minimum absolute atomic E-state index is 0.498. The smallest absolute Gasteiger partial charge is 0.209 e. The number of rotatable bonds is 14. The molecule has 0 spiro atoms. The van der Waals surface area contributed by atoms with Gasteiger partial charge < -0.3 is 10.1 Å². The zero-order chi connectivity index (χ0) is 25.3. The molecule has 2 fully saturated rings. The Morgan fingerprint density at radius 1 is 1.14 bits per heavy atom. The van der Waals surface area contributed by atoms with E-state index in [4.69, 9.17) is 10.00 Å². The second kappa shape index (κ2) is 17.3. The van der Waals surface area contributed by atoms with Gasteiger partial charge in [-0.25, -0.2) is 0 Å². The van der Waals surface area contributed by atoms with Crippen LogP contribution in [0.4, 0.5) is 5.69 Å². The molecular weight excluding hydrogens is 450 g/mol. The molecule has 0 bridgehead atoms. The maximum atomic E-state index is 8.99. The summed E-state index contributed by atoms with van der Waals surface area (Å²) in [5.41, 5.74) is 0.868. The summed E-state index contributed by atoms with van der Waals surface area (Å²) in [5, 5.41) is 14.8. The van der Waals surface area contributed by atoms with E-state index in [-0.39, 0.29) is 0 Å². The van der Waals surface area contributed by atoms with Crippen LogP contribution in [0.25, 0.3) is 0 Å². The first-order chi connectivity index (χ1) is 17.8. The topological polar surface area (TPSA) is 88.8 Å². The minimum atomic E-state index is 0.498. The summed E-state index contributed by atoms with van der Waals surface area (Å²) in [7, 11) is 0. The molecule has 8 nitrogen and oxygen atoms in total. The Balaban J connectivity index is 1.34. The Morgan fingerprint density at radius 2 is 1.89 bits per heavy atom. The molecule has 3 rings (SSSR count).